The summed E-state index contributed by atoms with van der Waals surface area (Å²) in [5, 5.41) is 3.22. The van der Waals surface area contributed by atoms with Crippen molar-refractivity contribution in [1.82, 2.24) is 0 Å². The summed E-state index contributed by atoms with van der Waals surface area (Å²) in [7, 11) is -1.90. The van der Waals surface area contributed by atoms with Crippen molar-refractivity contribution in [1.29, 1.82) is 0 Å². The maximum atomic E-state index is 3.85. The molecule has 172 valence electrons. The van der Waals surface area contributed by atoms with Crippen LogP contribution in [0.15, 0.2) is 41.6 Å². The molecule has 0 fully saturated rings. The minimum atomic E-state index is -1.90. The van der Waals surface area contributed by atoms with Crippen LogP contribution in [0.3, 0.4) is 0 Å². The van der Waals surface area contributed by atoms with E-state index in [9.17, 15) is 0 Å². The van der Waals surface area contributed by atoms with E-state index in [1.54, 1.807) is 10.4 Å². The van der Waals surface area contributed by atoms with Crippen molar-refractivity contribution in [2.75, 3.05) is 0 Å². The fourth-order valence-corrected chi connectivity index (χ4v) is 10.2. The van der Waals surface area contributed by atoms with Crippen LogP contribution in [0.1, 0.15) is 59.6 Å². The molecule has 0 N–H and O–H groups in total. The molecular formula is C27H35Cl3SiTi. The molecule has 1 atom stereocenters. The molecule has 1 aliphatic rings. The summed E-state index contributed by atoms with van der Waals surface area (Å²) >= 11 is 0. The van der Waals surface area contributed by atoms with Gasteiger partial charge in [0.15, 0.2) is 0 Å². The molecule has 32 heavy (non-hydrogen) atoms. The number of allylic oxidation sites excluding steroid dienone is 4. The quantitative estimate of drug-likeness (QED) is 0.296. The zero-order valence-electron chi connectivity index (χ0n) is 20.4. The first-order chi connectivity index (χ1) is 13.3. The van der Waals surface area contributed by atoms with E-state index in [1.165, 1.54) is 57.8 Å². The van der Waals surface area contributed by atoms with Crippen molar-refractivity contribution in [3.05, 3.63) is 81.1 Å². The summed E-state index contributed by atoms with van der Waals surface area (Å²) in [6.45, 7) is 16.6. The van der Waals surface area contributed by atoms with Gasteiger partial charge in [0.25, 0.3) is 0 Å². The maximum absolute atomic E-state index is 3.85. The third kappa shape index (κ3) is 6.23. The van der Waals surface area contributed by atoms with E-state index in [4.69, 9.17) is 0 Å². The van der Waals surface area contributed by atoms with Gasteiger partial charge in [0, 0.05) is 0 Å². The Bertz CT molecular complexity index is 922. The first-order valence-corrected chi connectivity index (χ1v) is 13.5. The molecule has 0 amide bonds. The van der Waals surface area contributed by atoms with Gasteiger partial charge in [0.05, 0.1) is 8.07 Å². The Labute approximate surface area is 230 Å². The number of benzene rings is 2. The Hall–Kier alpha value is -0.279. The van der Waals surface area contributed by atoms with Crippen LogP contribution in [0.5, 0.6) is 0 Å². The Kier molecular flexibility index (Phi) is 15.0. The molecule has 2 aromatic carbocycles. The Morgan fingerprint density at radius 3 is 1.81 bits per heavy atom. The minimum Gasteiger partial charge on any atom is -1.00 e. The third-order valence-corrected chi connectivity index (χ3v) is 11.8. The second-order valence-electron chi connectivity index (χ2n) is 8.68. The Balaban J connectivity index is 0. The Morgan fingerprint density at radius 1 is 0.812 bits per heavy atom. The van der Waals surface area contributed by atoms with Crippen LogP contribution < -0.4 is 42.4 Å². The zero-order chi connectivity index (χ0) is 20.5. The molecule has 0 heterocycles. The van der Waals surface area contributed by atoms with E-state index in [2.05, 4.69) is 90.6 Å². The van der Waals surface area contributed by atoms with Crippen molar-refractivity contribution in [3.8, 4) is 0 Å². The van der Waals surface area contributed by atoms with E-state index in [-0.39, 0.29) is 58.9 Å². The van der Waals surface area contributed by atoms with Crippen molar-refractivity contribution in [2.45, 2.75) is 73.4 Å². The van der Waals surface area contributed by atoms with Crippen molar-refractivity contribution in [3.63, 3.8) is 0 Å². The van der Waals surface area contributed by atoms with Crippen LogP contribution in [-0.4, -0.2) is 8.07 Å². The van der Waals surface area contributed by atoms with E-state index < -0.39 is 8.07 Å². The third-order valence-electron chi connectivity index (χ3n) is 7.07. The fourth-order valence-electron chi connectivity index (χ4n) is 5.06. The smallest absolute Gasteiger partial charge is 1.00 e. The fraction of sp³-hybridized carbons (Fsp3) is 0.407. The van der Waals surface area contributed by atoms with Gasteiger partial charge in [0.2, 0.25) is 0 Å². The van der Waals surface area contributed by atoms with Crippen LogP contribution in [0.2, 0.25) is 12.6 Å². The van der Waals surface area contributed by atoms with Crippen LogP contribution in [-0.2, 0) is 21.7 Å². The molecule has 0 bridgehead atoms. The molecule has 0 nitrogen and oxygen atoms in total. The second kappa shape index (κ2) is 14.2. The molecular weight excluding hydrogens is 507 g/mol. The molecule has 1 aliphatic carbocycles. The number of rotatable bonds is 6. The number of hydrogen-bond acceptors (Lipinski definition) is 0. The van der Waals surface area contributed by atoms with E-state index >= 15 is 0 Å². The maximum Gasteiger partial charge on any atom is 4.00 e. The van der Waals surface area contributed by atoms with Gasteiger partial charge in [-0.1, -0.05) is 67.9 Å². The first kappa shape index (κ1) is 33.9. The molecule has 1 unspecified atom stereocenters. The van der Waals surface area contributed by atoms with E-state index in [0.29, 0.717) is 0 Å². The predicted molar refractivity (Wildman–Crippen MR) is 127 cm³/mol. The summed E-state index contributed by atoms with van der Waals surface area (Å²) in [4.78, 5) is 0. The van der Waals surface area contributed by atoms with Gasteiger partial charge < -0.3 is 37.2 Å². The molecule has 3 rings (SSSR count). The number of unbranched alkanes of at least 4 members (excludes halogenated alkanes) is 1. The van der Waals surface area contributed by atoms with Crippen LogP contribution in [0.4, 0.5) is 0 Å². The standard InChI is InChI=1S/C27H35Si.3ClH.Ti/c1-8-9-18-28(7,27-22(5)20(3)19(2)21(4)23(27)6)26-17-13-16-25(26)24-14-11-10-12-15-24;;;;/h10-12,14-16H,8-9,13,18H2,1-7H3;3*1H;/q-1;;;;+4/p-3. The molecule has 2 aromatic rings. The monoisotopic (exact) mass is 540 g/mol. The molecule has 0 spiro atoms. The summed E-state index contributed by atoms with van der Waals surface area (Å²) in [6, 6.07) is 12.3. The normalized spacial score (nSPS) is 14.0. The topological polar surface area (TPSA) is 0 Å². The van der Waals surface area contributed by atoms with Gasteiger partial charge in [0.1, 0.15) is 0 Å². The molecule has 0 saturated heterocycles. The van der Waals surface area contributed by atoms with E-state index in [0.717, 1.165) is 6.42 Å². The molecule has 0 aliphatic heterocycles. The van der Waals surface area contributed by atoms with Crippen molar-refractivity contribution < 1.29 is 58.9 Å². The number of halogens is 3. The van der Waals surface area contributed by atoms with Crippen molar-refractivity contribution in [2.24, 2.45) is 0 Å². The zero-order valence-corrected chi connectivity index (χ0v) is 25.3. The average molecular weight is 542 g/mol. The van der Waals surface area contributed by atoms with Crippen LogP contribution in [0, 0.1) is 40.7 Å². The molecule has 5 heteroatoms. The number of hydrogen-bond donors (Lipinski definition) is 0. The van der Waals surface area contributed by atoms with Gasteiger partial charge >= 0.3 is 21.7 Å². The summed E-state index contributed by atoms with van der Waals surface area (Å²) in [5.41, 5.74) is 10.3. The summed E-state index contributed by atoms with van der Waals surface area (Å²) < 4.78 is 0. The molecule has 0 aromatic heterocycles. The van der Waals surface area contributed by atoms with Gasteiger partial charge in [-0.25, -0.2) is 5.20 Å². The van der Waals surface area contributed by atoms with Gasteiger partial charge in [-0.05, 0) is 62.4 Å². The Morgan fingerprint density at radius 2 is 1.31 bits per heavy atom. The molecule has 0 saturated carbocycles. The predicted octanol–water partition coefficient (Wildman–Crippen LogP) is -1.92. The molecule has 0 radical (unpaired) electrons. The summed E-state index contributed by atoms with van der Waals surface area (Å²) in [6.07, 6.45) is 9.75. The van der Waals surface area contributed by atoms with Gasteiger partial charge in [-0.15, -0.1) is 12.0 Å². The first-order valence-electron chi connectivity index (χ1n) is 10.8. The van der Waals surface area contributed by atoms with Crippen LogP contribution >= 0.6 is 0 Å². The van der Waals surface area contributed by atoms with Gasteiger partial charge in [-0.2, -0.15) is 11.6 Å². The van der Waals surface area contributed by atoms with E-state index in [1.807, 2.05) is 0 Å². The van der Waals surface area contributed by atoms with Crippen LogP contribution in [0.25, 0.3) is 5.57 Å². The van der Waals surface area contributed by atoms with Gasteiger partial charge in [-0.3, -0.25) is 6.08 Å². The average Bonchev–Trinajstić information content (AvgIpc) is 3.21. The summed E-state index contributed by atoms with van der Waals surface area (Å²) in [5.74, 6) is 0. The largest absolute Gasteiger partial charge is 4.00 e. The van der Waals surface area contributed by atoms with Crippen molar-refractivity contribution >= 4 is 18.8 Å². The second-order valence-corrected chi connectivity index (χ2v) is 12.8. The minimum absolute atomic E-state index is 0. The SMILES string of the molecule is CCCC[Si](C)(C1=[C-]CC=C1c1ccccc1)c1c(C)c(C)c(C)c(C)c1C.[Cl-].[Cl-].[Cl-].[Ti+4].